The molecule has 0 radical (unpaired) electrons. The Morgan fingerprint density at radius 3 is 2.81 bits per heavy atom. The van der Waals surface area contributed by atoms with Gasteiger partial charge in [-0.15, -0.1) is 0 Å². The lowest BCUT2D eigenvalue weighted by Crippen LogP contribution is -2.18. The van der Waals surface area contributed by atoms with Gasteiger partial charge in [0.25, 0.3) is 0 Å². The normalized spacial score (nSPS) is 12.7. The van der Waals surface area contributed by atoms with E-state index in [1.807, 2.05) is 37.4 Å². The van der Waals surface area contributed by atoms with E-state index in [-0.39, 0.29) is 11.9 Å². The molecule has 0 aliphatic carbocycles. The maximum Gasteiger partial charge on any atom is 0.137 e. The second kappa shape index (κ2) is 6.00. The fourth-order valence-electron chi connectivity index (χ4n) is 2.54. The molecule has 0 saturated carbocycles. The molecule has 3 aromatic rings. The van der Waals surface area contributed by atoms with Crippen molar-refractivity contribution in [1.82, 2.24) is 5.32 Å². The zero-order valence-electron chi connectivity index (χ0n) is 11.6. The number of hydrogen-bond acceptors (Lipinski definition) is 2. The Morgan fingerprint density at radius 2 is 2.05 bits per heavy atom. The van der Waals surface area contributed by atoms with Crippen molar-refractivity contribution in [2.24, 2.45) is 0 Å². The number of likely N-dealkylation sites (N-methyl/N-ethyl adjacent to an activating group) is 1. The monoisotopic (exact) mass is 347 g/mol. The summed E-state index contributed by atoms with van der Waals surface area (Å²) in [5.41, 5.74) is 3.06. The molecule has 1 N–H and O–H groups in total. The van der Waals surface area contributed by atoms with Crippen LogP contribution in [-0.2, 0) is 6.42 Å². The van der Waals surface area contributed by atoms with Gasteiger partial charge >= 0.3 is 0 Å². The van der Waals surface area contributed by atoms with E-state index in [0.29, 0.717) is 4.47 Å². The molecule has 0 amide bonds. The van der Waals surface area contributed by atoms with E-state index < -0.39 is 0 Å². The molecule has 108 valence electrons. The van der Waals surface area contributed by atoms with Gasteiger partial charge in [0.15, 0.2) is 0 Å². The smallest absolute Gasteiger partial charge is 0.137 e. The fraction of sp³-hybridized carbons (Fsp3) is 0.176. The standard InChI is InChI=1S/C17H15BrFNO/c1-20-16(9-11-6-7-15(19)14(18)8-11)13-10-21-17-5-3-2-4-12(13)17/h2-8,10,16,20H,9H2,1H3. The minimum absolute atomic E-state index is 0.117. The van der Waals surface area contributed by atoms with Gasteiger partial charge in [-0.1, -0.05) is 24.3 Å². The third-order valence-electron chi connectivity index (χ3n) is 3.66. The number of para-hydroxylation sites is 1. The minimum Gasteiger partial charge on any atom is -0.464 e. The van der Waals surface area contributed by atoms with Crippen molar-refractivity contribution >= 4 is 26.9 Å². The van der Waals surface area contributed by atoms with Crippen molar-refractivity contribution in [1.29, 1.82) is 0 Å². The number of halogens is 2. The van der Waals surface area contributed by atoms with Crippen LogP contribution in [0.25, 0.3) is 11.0 Å². The Bertz CT molecular complexity index is 768. The van der Waals surface area contributed by atoms with Crippen molar-refractivity contribution in [3.8, 4) is 0 Å². The molecular formula is C17H15BrFNO. The molecule has 1 aromatic heterocycles. The van der Waals surface area contributed by atoms with E-state index in [1.165, 1.54) is 6.07 Å². The molecule has 2 aromatic carbocycles. The molecule has 3 rings (SSSR count). The highest BCUT2D eigenvalue weighted by Crippen LogP contribution is 2.29. The van der Waals surface area contributed by atoms with Crippen molar-refractivity contribution in [3.63, 3.8) is 0 Å². The van der Waals surface area contributed by atoms with Crippen LogP contribution in [0.15, 0.2) is 57.6 Å². The maximum atomic E-state index is 13.3. The van der Waals surface area contributed by atoms with Crippen molar-refractivity contribution in [2.75, 3.05) is 7.05 Å². The Hall–Kier alpha value is -1.65. The van der Waals surface area contributed by atoms with Gasteiger partial charge in [0, 0.05) is 17.0 Å². The number of rotatable bonds is 4. The molecule has 0 spiro atoms. The summed E-state index contributed by atoms with van der Waals surface area (Å²) < 4.78 is 19.4. The maximum absolute atomic E-state index is 13.3. The van der Waals surface area contributed by atoms with E-state index >= 15 is 0 Å². The molecule has 1 atom stereocenters. The summed E-state index contributed by atoms with van der Waals surface area (Å²) >= 11 is 3.23. The van der Waals surface area contributed by atoms with Gasteiger partial charge in [0.05, 0.1) is 10.7 Å². The summed E-state index contributed by atoms with van der Waals surface area (Å²) in [5, 5.41) is 4.42. The summed E-state index contributed by atoms with van der Waals surface area (Å²) in [5.74, 6) is -0.242. The molecule has 1 heterocycles. The summed E-state index contributed by atoms with van der Waals surface area (Å²) in [7, 11) is 1.92. The summed E-state index contributed by atoms with van der Waals surface area (Å²) in [6.45, 7) is 0. The zero-order valence-corrected chi connectivity index (χ0v) is 13.2. The second-order valence-electron chi connectivity index (χ2n) is 4.98. The zero-order chi connectivity index (χ0) is 14.8. The Balaban J connectivity index is 1.93. The first-order chi connectivity index (χ1) is 10.2. The first-order valence-corrected chi connectivity index (χ1v) is 7.55. The largest absolute Gasteiger partial charge is 0.464 e. The van der Waals surface area contributed by atoms with E-state index in [9.17, 15) is 4.39 Å². The molecule has 4 heteroatoms. The number of hydrogen-bond donors (Lipinski definition) is 1. The van der Waals surface area contributed by atoms with E-state index in [4.69, 9.17) is 4.42 Å². The molecule has 0 bridgehead atoms. The number of furan rings is 1. The van der Waals surface area contributed by atoms with Crippen molar-refractivity contribution in [3.05, 3.63) is 70.1 Å². The molecule has 0 saturated heterocycles. The predicted octanol–water partition coefficient (Wildman–Crippen LogP) is 4.84. The van der Waals surface area contributed by atoms with E-state index in [0.717, 1.165) is 28.5 Å². The summed E-state index contributed by atoms with van der Waals surface area (Å²) in [6.07, 6.45) is 2.56. The van der Waals surface area contributed by atoms with Gasteiger partial charge in [0.2, 0.25) is 0 Å². The van der Waals surface area contributed by atoms with E-state index in [2.05, 4.69) is 27.3 Å². The van der Waals surface area contributed by atoms with Crippen LogP contribution in [0, 0.1) is 5.82 Å². The molecular weight excluding hydrogens is 333 g/mol. The quantitative estimate of drug-likeness (QED) is 0.730. The van der Waals surface area contributed by atoms with E-state index in [1.54, 1.807) is 6.26 Å². The highest BCUT2D eigenvalue weighted by atomic mass is 79.9. The summed E-state index contributed by atoms with van der Waals surface area (Å²) in [4.78, 5) is 0. The lowest BCUT2D eigenvalue weighted by Gasteiger charge is -2.15. The number of fused-ring (bicyclic) bond motifs is 1. The second-order valence-corrected chi connectivity index (χ2v) is 5.84. The first-order valence-electron chi connectivity index (χ1n) is 6.76. The van der Waals surface area contributed by atoms with Crippen LogP contribution in [0.5, 0.6) is 0 Å². The van der Waals surface area contributed by atoms with Gasteiger partial charge in [-0.25, -0.2) is 4.39 Å². The van der Waals surface area contributed by atoms with Crippen LogP contribution < -0.4 is 5.32 Å². The van der Waals surface area contributed by atoms with Crippen molar-refractivity contribution < 1.29 is 8.81 Å². The van der Waals surface area contributed by atoms with Gasteiger partial charge in [0.1, 0.15) is 11.4 Å². The van der Waals surface area contributed by atoms with Crippen LogP contribution in [0.2, 0.25) is 0 Å². The Labute approximate surface area is 131 Å². The molecule has 0 fully saturated rings. The first kappa shape index (κ1) is 14.3. The molecule has 0 aliphatic heterocycles. The summed E-state index contributed by atoms with van der Waals surface area (Å²) in [6, 6.07) is 13.2. The molecule has 0 aliphatic rings. The fourth-order valence-corrected chi connectivity index (χ4v) is 2.96. The number of benzene rings is 2. The highest BCUT2D eigenvalue weighted by Gasteiger charge is 2.16. The predicted molar refractivity (Wildman–Crippen MR) is 85.8 cm³/mol. The lowest BCUT2D eigenvalue weighted by molar-refractivity contribution is 0.562. The van der Waals surface area contributed by atoms with Gasteiger partial charge in [-0.2, -0.15) is 0 Å². The molecule has 2 nitrogen and oxygen atoms in total. The van der Waals surface area contributed by atoms with Crippen molar-refractivity contribution in [2.45, 2.75) is 12.5 Å². The molecule has 21 heavy (non-hydrogen) atoms. The minimum atomic E-state index is -0.242. The van der Waals surface area contributed by atoms with Gasteiger partial charge in [-0.3, -0.25) is 0 Å². The van der Waals surface area contributed by atoms with Crippen LogP contribution in [0.1, 0.15) is 17.2 Å². The van der Waals surface area contributed by atoms with Crippen LogP contribution >= 0.6 is 15.9 Å². The van der Waals surface area contributed by atoms with Crippen LogP contribution in [-0.4, -0.2) is 7.05 Å². The Kier molecular flexibility index (Phi) is 4.08. The van der Waals surface area contributed by atoms with Gasteiger partial charge in [-0.05, 0) is 53.2 Å². The van der Waals surface area contributed by atoms with Crippen LogP contribution in [0.3, 0.4) is 0 Å². The third kappa shape index (κ3) is 2.87. The van der Waals surface area contributed by atoms with Gasteiger partial charge < -0.3 is 9.73 Å². The average molecular weight is 348 g/mol. The number of nitrogens with one attached hydrogen (secondary N) is 1. The topological polar surface area (TPSA) is 25.2 Å². The highest BCUT2D eigenvalue weighted by molar-refractivity contribution is 9.10. The average Bonchev–Trinajstić information content (AvgIpc) is 2.92. The Morgan fingerprint density at radius 1 is 1.24 bits per heavy atom. The lowest BCUT2D eigenvalue weighted by atomic mass is 9.98. The third-order valence-corrected chi connectivity index (χ3v) is 4.27. The molecule has 1 unspecified atom stereocenters. The SMILES string of the molecule is CNC(Cc1ccc(F)c(Br)c1)c1coc2ccccc12. The van der Waals surface area contributed by atoms with Crippen LogP contribution in [0.4, 0.5) is 4.39 Å².